The molecule has 0 radical (unpaired) electrons. The largest absolute Gasteiger partial charge is 0.321 e. The summed E-state index contributed by atoms with van der Waals surface area (Å²) >= 11 is 0. The van der Waals surface area contributed by atoms with Gasteiger partial charge in [0.1, 0.15) is 17.5 Å². The highest BCUT2D eigenvalue weighted by molar-refractivity contribution is 6.10. The molecular formula is C25H21FN2O. The molecule has 0 saturated carbocycles. The molecule has 0 bridgehead atoms. The highest BCUT2D eigenvalue weighted by Gasteiger charge is 2.11. The molecule has 0 saturated heterocycles. The maximum absolute atomic E-state index is 13.3. The van der Waals surface area contributed by atoms with E-state index in [4.69, 9.17) is 0 Å². The summed E-state index contributed by atoms with van der Waals surface area (Å²) in [6, 6.07) is 21.6. The van der Waals surface area contributed by atoms with Crippen molar-refractivity contribution in [1.29, 1.82) is 5.26 Å². The second kappa shape index (κ2) is 8.99. The van der Waals surface area contributed by atoms with Crippen LogP contribution < -0.4 is 5.32 Å². The summed E-state index contributed by atoms with van der Waals surface area (Å²) in [5.74, 6) is -0.694. The maximum atomic E-state index is 13.3. The van der Waals surface area contributed by atoms with Crippen molar-refractivity contribution in [3.63, 3.8) is 0 Å². The molecule has 0 fully saturated rings. The molecule has 1 amide bonds. The van der Waals surface area contributed by atoms with Gasteiger partial charge in [-0.25, -0.2) is 4.39 Å². The van der Waals surface area contributed by atoms with Gasteiger partial charge in [0.25, 0.3) is 5.91 Å². The summed E-state index contributed by atoms with van der Waals surface area (Å²) in [4.78, 5) is 12.5. The number of benzene rings is 3. The molecule has 0 aromatic heterocycles. The van der Waals surface area contributed by atoms with Gasteiger partial charge in [-0.1, -0.05) is 48.5 Å². The SMILES string of the molecule is Cc1cccc(NC(=O)/C(C#N)=C/c2ccc(Cc3cccc(F)c3)cc2)c1C. The van der Waals surface area contributed by atoms with Gasteiger partial charge < -0.3 is 5.32 Å². The molecule has 0 spiro atoms. The van der Waals surface area contributed by atoms with E-state index in [1.165, 1.54) is 12.1 Å². The number of carbonyl (C=O) groups excluding carboxylic acids is 1. The third kappa shape index (κ3) is 5.18. The zero-order chi connectivity index (χ0) is 20.8. The van der Waals surface area contributed by atoms with E-state index in [1.54, 1.807) is 12.1 Å². The first-order valence-corrected chi connectivity index (χ1v) is 9.29. The van der Waals surface area contributed by atoms with E-state index in [9.17, 15) is 14.4 Å². The Bertz CT molecular complexity index is 1110. The normalized spacial score (nSPS) is 11.0. The van der Waals surface area contributed by atoms with Crippen molar-refractivity contribution in [2.45, 2.75) is 20.3 Å². The van der Waals surface area contributed by atoms with Gasteiger partial charge in [0.2, 0.25) is 0 Å². The van der Waals surface area contributed by atoms with Crippen LogP contribution in [0.2, 0.25) is 0 Å². The number of amides is 1. The molecule has 4 heteroatoms. The molecule has 144 valence electrons. The van der Waals surface area contributed by atoms with Crippen molar-refractivity contribution in [2.75, 3.05) is 5.32 Å². The van der Waals surface area contributed by atoms with Gasteiger partial charge in [-0.15, -0.1) is 0 Å². The minimum absolute atomic E-state index is 0.0313. The lowest BCUT2D eigenvalue weighted by molar-refractivity contribution is -0.112. The Labute approximate surface area is 170 Å². The Morgan fingerprint density at radius 3 is 2.45 bits per heavy atom. The number of nitrogens with one attached hydrogen (secondary N) is 1. The lowest BCUT2D eigenvalue weighted by atomic mass is 10.0. The van der Waals surface area contributed by atoms with Crippen LogP contribution in [0.25, 0.3) is 6.08 Å². The van der Waals surface area contributed by atoms with Crippen LogP contribution in [0.3, 0.4) is 0 Å². The summed E-state index contributed by atoms with van der Waals surface area (Å²) in [5.41, 5.74) is 5.43. The molecule has 0 aliphatic rings. The van der Waals surface area contributed by atoms with Gasteiger partial charge >= 0.3 is 0 Å². The standard InChI is InChI=1S/C25H21FN2O/c1-17-5-3-8-24(18(17)2)28-25(29)22(16-27)14-20-11-9-19(10-12-20)13-21-6-4-7-23(26)15-21/h3-12,14-15H,13H2,1-2H3,(H,28,29)/b22-14+. The second-order valence-corrected chi connectivity index (χ2v) is 6.92. The summed E-state index contributed by atoms with van der Waals surface area (Å²) in [7, 11) is 0. The van der Waals surface area contributed by atoms with Gasteiger partial charge in [0.15, 0.2) is 0 Å². The van der Waals surface area contributed by atoms with Gasteiger partial charge in [-0.2, -0.15) is 5.26 Å². The monoisotopic (exact) mass is 384 g/mol. The van der Waals surface area contributed by atoms with E-state index in [2.05, 4.69) is 5.32 Å². The van der Waals surface area contributed by atoms with Crippen molar-refractivity contribution in [3.05, 3.63) is 106 Å². The summed E-state index contributed by atoms with van der Waals surface area (Å²) in [6.07, 6.45) is 2.17. The van der Waals surface area contributed by atoms with E-state index < -0.39 is 5.91 Å². The molecule has 1 N–H and O–H groups in total. The van der Waals surface area contributed by atoms with Gasteiger partial charge in [-0.3, -0.25) is 4.79 Å². The number of nitrogens with zero attached hydrogens (tertiary/aromatic N) is 1. The van der Waals surface area contributed by atoms with Crippen LogP contribution in [-0.4, -0.2) is 5.91 Å². The van der Waals surface area contributed by atoms with Gasteiger partial charge in [0.05, 0.1) is 0 Å². The van der Waals surface area contributed by atoms with Crippen LogP contribution in [0.4, 0.5) is 10.1 Å². The lowest BCUT2D eigenvalue weighted by Gasteiger charge is -2.10. The van der Waals surface area contributed by atoms with Crippen LogP contribution in [0.5, 0.6) is 0 Å². The van der Waals surface area contributed by atoms with Crippen LogP contribution in [0.1, 0.15) is 27.8 Å². The molecule has 29 heavy (non-hydrogen) atoms. The van der Waals surface area contributed by atoms with Crippen LogP contribution in [0, 0.1) is 31.0 Å². The third-order valence-electron chi connectivity index (χ3n) is 4.81. The highest BCUT2D eigenvalue weighted by Crippen LogP contribution is 2.19. The Balaban J connectivity index is 1.74. The van der Waals surface area contributed by atoms with Crippen molar-refractivity contribution in [2.24, 2.45) is 0 Å². The van der Waals surface area contributed by atoms with Crippen molar-refractivity contribution in [1.82, 2.24) is 0 Å². The fraction of sp³-hybridized carbons (Fsp3) is 0.120. The molecule has 3 aromatic rings. The Hall–Kier alpha value is -3.71. The number of rotatable bonds is 5. The summed E-state index contributed by atoms with van der Waals surface area (Å²) < 4.78 is 13.3. The van der Waals surface area contributed by atoms with Crippen LogP contribution >= 0.6 is 0 Å². The van der Waals surface area contributed by atoms with E-state index >= 15 is 0 Å². The minimum Gasteiger partial charge on any atom is -0.321 e. The number of aryl methyl sites for hydroxylation is 1. The number of anilines is 1. The number of hydrogen-bond donors (Lipinski definition) is 1. The molecule has 3 aromatic carbocycles. The minimum atomic E-state index is -0.440. The highest BCUT2D eigenvalue weighted by atomic mass is 19.1. The molecule has 0 unspecified atom stereocenters. The number of carbonyl (C=O) groups is 1. The van der Waals surface area contributed by atoms with E-state index in [1.807, 2.05) is 68.4 Å². The second-order valence-electron chi connectivity index (χ2n) is 6.92. The molecule has 3 nitrogen and oxygen atoms in total. The number of halogens is 1. The van der Waals surface area contributed by atoms with Crippen LogP contribution in [0.15, 0.2) is 72.3 Å². The fourth-order valence-corrected chi connectivity index (χ4v) is 3.01. The number of nitriles is 1. The molecule has 0 heterocycles. The molecular weight excluding hydrogens is 363 g/mol. The first-order chi connectivity index (χ1) is 14.0. The smallest absolute Gasteiger partial charge is 0.266 e. The summed E-state index contributed by atoms with van der Waals surface area (Å²) in [5, 5.41) is 12.2. The van der Waals surface area contributed by atoms with E-state index in [0.717, 1.165) is 27.8 Å². The van der Waals surface area contributed by atoms with Gasteiger partial charge in [0, 0.05) is 5.69 Å². The zero-order valence-corrected chi connectivity index (χ0v) is 16.4. The lowest BCUT2D eigenvalue weighted by Crippen LogP contribution is -2.14. The molecule has 0 aliphatic heterocycles. The maximum Gasteiger partial charge on any atom is 0.266 e. The van der Waals surface area contributed by atoms with Crippen molar-refractivity contribution in [3.8, 4) is 6.07 Å². The third-order valence-corrected chi connectivity index (χ3v) is 4.81. The first-order valence-electron chi connectivity index (χ1n) is 9.29. The molecule has 0 aliphatic carbocycles. The first kappa shape index (κ1) is 20.0. The predicted molar refractivity (Wildman–Crippen MR) is 114 cm³/mol. The molecule has 0 atom stereocenters. The Morgan fingerprint density at radius 1 is 1.03 bits per heavy atom. The predicted octanol–water partition coefficient (Wildman–Crippen LogP) is 5.58. The van der Waals surface area contributed by atoms with E-state index in [-0.39, 0.29) is 11.4 Å². The summed E-state index contributed by atoms with van der Waals surface area (Å²) in [6.45, 7) is 3.90. The average Bonchev–Trinajstić information content (AvgIpc) is 2.71. The van der Waals surface area contributed by atoms with Crippen LogP contribution in [-0.2, 0) is 11.2 Å². The van der Waals surface area contributed by atoms with Crippen molar-refractivity contribution < 1.29 is 9.18 Å². The molecule has 3 rings (SSSR count). The van der Waals surface area contributed by atoms with Gasteiger partial charge in [-0.05, 0) is 72.4 Å². The Kier molecular flexibility index (Phi) is 6.21. The number of hydrogen-bond acceptors (Lipinski definition) is 2. The quantitative estimate of drug-likeness (QED) is 0.461. The topological polar surface area (TPSA) is 52.9 Å². The Morgan fingerprint density at radius 2 is 1.76 bits per heavy atom. The zero-order valence-electron chi connectivity index (χ0n) is 16.4. The average molecular weight is 384 g/mol. The van der Waals surface area contributed by atoms with Crippen molar-refractivity contribution >= 4 is 17.7 Å². The van der Waals surface area contributed by atoms with E-state index in [0.29, 0.717) is 12.1 Å². The fourth-order valence-electron chi connectivity index (χ4n) is 3.01.